The first-order valence-electron chi connectivity index (χ1n) is 6.22. The average molecular weight is 304 g/mol. The summed E-state index contributed by atoms with van der Waals surface area (Å²) in [4.78, 5) is 4.36. The lowest BCUT2D eigenvalue weighted by Gasteiger charge is -2.10. The lowest BCUT2D eigenvalue weighted by Crippen LogP contribution is -1.98. The smallest absolute Gasteiger partial charge is 0.180 e. The molecule has 2 aromatic heterocycles. The monoisotopic (exact) mass is 303 g/mol. The van der Waals surface area contributed by atoms with Gasteiger partial charge < -0.3 is 10.3 Å². The van der Waals surface area contributed by atoms with Crippen LogP contribution in [-0.2, 0) is 0 Å². The number of nitrogens with zero attached hydrogens (tertiary/aromatic N) is 2. The van der Waals surface area contributed by atoms with Crippen LogP contribution < -0.4 is 5.73 Å². The third-order valence-corrected chi connectivity index (χ3v) is 4.20. The van der Waals surface area contributed by atoms with Gasteiger partial charge in [-0.1, -0.05) is 17.7 Å². The quantitative estimate of drug-likeness (QED) is 0.760. The van der Waals surface area contributed by atoms with Crippen molar-refractivity contribution in [3.8, 4) is 16.9 Å². The highest BCUT2D eigenvalue weighted by molar-refractivity contribution is 7.13. The first-order chi connectivity index (χ1) is 9.56. The fourth-order valence-corrected chi connectivity index (χ4v) is 3.19. The highest BCUT2D eigenvalue weighted by atomic mass is 35.5. The van der Waals surface area contributed by atoms with Gasteiger partial charge in [-0.25, -0.2) is 4.98 Å². The Labute approximate surface area is 126 Å². The molecule has 0 atom stereocenters. The maximum Gasteiger partial charge on any atom is 0.180 e. The van der Waals surface area contributed by atoms with E-state index in [2.05, 4.69) is 29.5 Å². The molecule has 0 saturated carbocycles. The maximum atomic E-state index is 6.09. The molecule has 5 heteroatoms. The number of thiazole rings is 1. The highest BCUT2D eigenvalue weighted by Gasteiger charge is 2.14. The summed E-state index contributed by atoms with van der Waals surface area (Å²) in [5.41, 5.74) is 11.1. The zero-order valence-electron chi connectivity index (χ0n) is 11.2. The molecule has 20 heavy (non-hydrogen) atoms. The summed E-state index contributed by atoms with van der Waals surface area (Å²) in [5, 5.41) is 3.31. The molecule has 102 valence electrons. The molecule has 3 aromatic rings. The number of anilines is 1. The number of hydrogen-bond donors (Lipinski definition) is 1. The van der Waals surface area contributed by atoms with Crippen LogP contribution in [0, 0.1) is 13.8 Å². The Bertz CT molecular complexity index is 773. The molecular formula is C15H14ClN3S. The van der Waals surface area contributed by atoms with Gasteiger partial charge in [0.05, 0.1) is 5.69 Å². The standard InChI is InChI=1S/C15H14ClN3S/c1-9-6-13(14-8-20-15(17)18-14)10(2)19(9)12-5-3-4-11(16)7-12/h3-8H,1-2H3,(H2,17,18). The molecule has 3 rings (SSSR count). The Balaban J connectivity index is 2.16. The van der Waals surface area contributed by atoms with E-state index in [1.165, 1.54) is 11.3 Å². The van der Waals surface area contributed by atoms with E-state index in [4.69, 9.17) is 17.3 Å². The van der Waals surface area contributed by atoms with E-state index >= 15 is 0 Å². The van der Waals surface area contributed by atoms with Crippen molar-refractivity contribution >= 4 is 28.1 Å². The second-order valence-electron chi connectivity index (χ2n) is 4.67. The summed E-state index contributed by atoms with van der Waals surface area (Å²) in [6, 6.07) is 9.97. The average Bonchev–Trinajstić information content (AvgIpc) is 2.93. The first kappa shape index (κ1) is 13.2. The van der Waals surface area contributed by atoms with Gasteiger partial charge in [0.2, 0.25) is 0 Å². The molecular weight excluding hydrogens is 290 g/mol. The third-order valence-electron chi connectivity index (χ3n) is 3.30. The molecule has 2 N–H and O–H groups in total. The summed E-state index contributed by atoms with van der Waals surface area (Å²) < 4.78 is 2.18. The highest BCUT2D eigenvalue weighted by Crippen LogP contribution is 2.31. The van der Waals surface area contributed by atoms with Gasteiger partial charge in [0.15, 0.2) is 5.13 Å². The SMILES string of the molecule is Cc1cc(-c2csc(N)n2)c(C)n1-c1cccc(Cl)c1. The van der Waals surface area contributed by atoms with E-state index < -0.39 is 0 Å². The van der Waals surface area contributed by atoms with Gasteiger partial charge in [-0.05, 0) is 38.1 Å². The van der Waals surface area contributed by atoms with E-state index in [-0.39, 0.29) is 0 Å². The summed E-state index contributed by atoms with van der Waals surface area (Å²) in [7, 11) is 0. The largest absolute Gasteiger partial charge is 0.375 e. The number of nitrogen functional groups attached to an aromatic ring is 1. The van der Waals surface area contributed by atoms with E-state index in [0.717, 1.165) is 33.4 Å². The van der Waals surface area contributed by atoms with E-state index in [9.17, 15) is 0 Å². The van der Waals surface area contributed by atoms with Gasteiger partial charge in [0.1, 0.15) is 0 Å². The Morgan fingerprint density at radius 1 is 1.25 bits per heavy atom. The van der Waals surface area contributed by atoms with Crippen molar-refractivity contribution in [2.24, 2.45) is 0 Å². The van der Waals surface area contributed by atoms with Crippen LogP contribution in [0.4, 0.5) is 5.13 Å². The summed E-state index contributed by atoms with van der Waals surface area (Å²) in [6.45, 7) is 4.16. The van der Waals surface area contributed by atoms with Crippen LogP contribution in [0.2, 0.25) is 5.02 Å². The van der Waals surface area contributed by atoms with Crippen molar-refractivity contribution in [2.75, 3.05) is 5.73 Å². The molecule has 0 radical (unpaired) electrons. The number of aromatic nitrogens is 2. The first-order valence-corrected chi connectivity index (χ1v) is 7.48. The van der Waals surface area contributed by atoms with Crippen LogP contribution in [0.15, 0.2) is 35.7 Å². The maximum absolute atomic E-state index is 6.09. The summed E-state index contributed by atoms with van der Waals surface area (Å²) in [6.07, 6.45) is 0. The van der Waals surface area contributed by atoms with E-state index in [0.29, 0.717) is 5.13 Å². The zero-order chi connectivity index (χ0) is 14.3. The predicted octanol–water partition coefficient (Wildman–Crippen LogP) is 4.45. The summed E-state index contributed by atoms with van der Waals surface area (Å²) in [5.74, 6) is 0. The number of nitrogens with two attached hydrogens (primary N) is 1. The topological polar surface area (TPSA) is 43.8 Å². The molecule has 0 aliphatic rings. The van der Waals surface area contributed by atoms with Crippen LogP contribution >= 0.6 is 22.9 Å². The zero-order valence-corrected chi connectivity index (χ0v) is 12.8. The van der Waals surface area contributed by atoms with Gasteiger partial charge in [-0.15, -0.1) is 11.3 Å². The van der Waals surface area contributed by atoms with Crippen LogP contribution in [0.3, 0.4) is 0 Å². The van der Waals surface area contributed by atoms with Crippen LogP contribution in [0.25, 0.3) is 16.9 Å². The van der Waals surface area contributed by atoms with Gasteiger partial charge in [0, 0.05) is 33.0 Å². The Morgan fingerprint density at radius 3 is 2.70 bits per heavy atom. The Kier molecular flexibility index (Phi) is 3.28. The van der Waals surface area contributed by atoms with Crippen LogP contribution in [0.1, 0.15) is 11.4 Å². The molecule has 0 bridgehead atoms. The van der Waals surface area contributed by atoms with Gasteiger partial charge in [-0.2, -0.15) is 0 Å². The Morgan fingerprint density at radius 2 is 2.05 bits per heavy atom. The molecule has 0 spiro atoms. The number of rotatable bonds is 2. The molecule has 2 heterocycles. The lowest BCUT2D eigenvalue weighted by molar-refractivity contribution is 0.966. The van der Waals surface area contributed by atoms with Crippen molar-refractivity contribution in [3.63, 3.8) is 0 Å². The van der Waals surface area contributed by atoms with Gasteiger partial charge in [0.25, 0.3) is 0 Å². The minimum Gasteiger partial charge on any atom is -0.375 e. The minimum atomic E-state index is 0.590. The second kappa shape index (κ2) is 4.96. The van der Waals surface area contributed by atoms with Gasteiger partial charge >= 0.3 is 0 Å². The number of benzene rings is 1. The fourth-order valence-electron chi connectivity index (χ4n) is 2.45. The summed E-state index contributed by atoms with van der Waals surface area (Å²) >= 11 is 7.54. The van der Waals surface area contributed by atoms with E-state index in [1.807, 2.05) is 29.6 Å². The molecule has 0 aliphatic carbocycles. The van der Waals surface area contributed by atoms with Crippen molar-refractivity contribution in [3.05, 3.63) is 52.1 Å². The lowest BCUT2D eigenvalue weighted by atomic mass is 10.2. The van der Waals surface area contributed by atoms with E-state index in [1.54, 1.807) is 0 Å². The normalized spacial score (nSPS) is 10.9. The second-order valence-corrected chi connectivity index (χ2v) is 6.00. The number of halogens is 1. The van der Waals surface area contributed by atoms with Crippen molar-refractivity contribution in [1.29, 1.82) is 0 Å². The molecule has 0 saturated heterocycles. The molecule has 0 unspecified atom stereocenters. The molecule has 0 fully saturated rings. The van der Waals surface area contributed by atoms with Crippen LogP contribution in [0.5, 0.6) is 0 Å². The number of hydrogen-bond acceptors (Lipinski definition) is 3. The molecule has 0 aliphatic heterocycles. The fraction of sp³-hybridized carbons (Fsp3) is 0.133. The van der Waals surface area contributed by atoms with Crippen molar-refractivity contribution < 1.29 is 0 Å². The molecule has 3 nitrogen and oxygen atoms in total. The molecule has 1 aromatic carbocycles. The van der Waals surface area contributed by atoms with Crippen LogP contribution in [-0.4, -0.2) is 9.55 Å². The molecule has 0 amide bonds. The third kappa shape index (κ3) is 2.21. The van der Waals surface area contributed by atoms with Crippen molar-refractivity contribution in [1.82, 2.24) is 9.55 Å². The number of aryl methyl sites for hydroxylation is 1. The predicted molar refractivity (Wildman–Crippen MR) is 85.8 cm³/mol. The minimum absolute atomic E-state index is 0.590. The van der Waals surface area contributed by atoms with Gasteiger partial charge in [-0.3, -0.25) is 0 Å². The Hall–Kier alpha value is -1.78. The van der Waals surface area contributed by atoms with Crippen molar-refractivity contribution in [2.45, 2.75) is 13.8 Å².